The zero-order valence-electron chi connectivity index (χ0n) is 13.6. The van der Waals surface area contributed by atoms with E-state index in [0.29, 0.717) is 24.9 Å². The third-order valence-electron chi connectivity index (χ3n) is 6.52. The topological polar surface area (TPSA) is 46.6 Å². The standard InChI is InChI=1S/C18H27NO3/c1-22-16(20)4-5-19(15-2-3-15)17(21)18-9-12-6-13(10-18)8-14(7-12)11-18/h12-15H,2-11H2,1H3. The van der Waals surface area contributed by atoms with Gasteiger partial charge in [0.1, 0.15) is 0 Å². The summed E-state index contributed by atoms with van der Waals surface area (Å²) in [5, 5.41) is 0. The second-order valence-electron chi connectivity index (χ2n) is 8.25. The average molecular weight is 305 g/mol. The largest absolute Gasteiger partial charge is 0.469 e. The lowest BCUT2D eigenvalue weighted by Gasteiger charge is -2.56. The van der Waals surface area contributed by atoms with Crippen LogP contribution in [0.25, 0.3) is 0 Å². The van der Waals surface area contributed by atoms with Crippen LogP contribution in [-0.4, -0.2) is 36.5 Å². The molecular formula is C18H27NO3. The smallest absolute Gasteiger partial charge is 0.307 e. The van der Waals surface area contributed by atoms with Crippen LogP contribution < -0.4 is 0 Å². The minimum Gasteiger partial charge on any atom is -0.469 e. The van der Waals surface area contributed by atoms with E-state index in [-0.39, 0.29) is 11.4 Å². The fourth-order valence-electron chi connectivity index (χ4n) is 5.83. The van der Waals surface area contributed by atoms with Gasteiger partial charge in [0.25, 0.3) is 0 Å². The minimum atomic E-state index is -0.205. The fourth-order valence-corrected chi connectivity index (χ4v) is 5.83. The molecule has 0 unspecified atom stereocenters. The molecule has 4 heteroatoms. The second-order valence-corrected chi connectivity index (χ2v) is 8.25. The number of nitrogens with zero attached hydrogens (tertiary/aromatic N) is 1. The first-order valence-electron chi connectivity index (χ1n) is 8.97. The molecule has 0 heterocycles. The van der Waals surface area contributed by atoms with E-state index in [1.807, 2.05) is 4.90 Å². The monoisotopic (exact) mass is 305 g/mol. The first-order valence-corrected chi connectivity index (χ1v) is 8.97. The molecule has 0 aliphatic heterocycles. The Balaban J connectivity index is 1.50. The number of carbonyl (C=O) groups is 2. The molecule has 4 nitrogen and oxygen atoms in total. The highest BCUT2D eigenvalue weighted by Gasteiger charge is 2.56. The Kier molecular flexibility index (Phi) is 3.46. The van der Waals surface area contributed by atoms with Crippen molar-refractivity contribution >= 4 is 11.9 Å². The molecule has 5 saturated carbocycles. The van der Waals surface area contributed by atoms with Gasteiger partial charge in [-0.15, -0.1) is 0 Å². The van der Waals surface area contributed by atoms with E-state index in [1.165, 1.54) is 26.4 Å². The predicted molar refractivity (Wildman–Crippen MR) is 82.0 cm³/mol. The molecule has 0 spiro atoms. The van der Waals surface area contributed by atoms with E-state index in [2.05, 4.69) is 0 Å². The van der Waals surface area contributed by atoms with Crippen LogP contribution in [0.1, 0.15) is 57.8 Å². The van der Waals surface area contributed by atoms with Gasteiger partial charge in [-0.1, -0.05) is 0 Å². The Bertz CT molecular complexity index is 447. The number of rotatable bonds is 5. The summed E-state index contributed by atoms with van der Waals surface area (Å²) in [6.07, 6.45) is 9.97. The maximum atomic E-state index is 13.4. The molecule has 122 valence electrons. The Morgan fingerprint density at radius 2 is 1.59 bits per heavy atom. The summed E-state index contributed by atoms with van der Waals surface area (Å²) in [4.78, 5) is 26.9. The highest BCUT2D eigenvalue weighted by Crippen LogP contribution is 2.60. The lowest BCUT2D eigenvalue weighted by atomic mass is 9.49. The van der Waals surface area contributed by atoms with E-state index in [0.717, 1.165) is 49.9 Å². The number of methoxy groups -OCH3 is 1. The molecule has 0 aromatic rings. The van der Waals surface area contributed by atoms with Crippen molar-refractivity contribution < 1.29 is 14.3 Å². The lowest BCUT2D eigenvalue weighted by molar-refractivity contribution is -0.159. The van der Waals surface area contributed by atoms with Crippen LogP contribution in [0.15, 0.2) is 0 Å². The number of ether oxygens (including phenoxy) is 1. The van der Waals surface area contributed by atoms with Crippen molar-refractivity contribution in [2.24, 2.45) is 23.2 Å². The van der Waals surface area contributed by atoms with E-state index >= 15 is 0 Å². The SMILES string of the molecule is COC(=O)CCN(C(=O)C12CC3CC(CC(C3)C1)C2)C1CC1. The molecule has 0 atom stereocenters. The van der Waals surface area contributed by atoms with Crippen molar-refractivity contribution in [3.8, 4) is 0 Å². The molecule has 5 fully saturated rings. The van der Waals surface area contributed by atoms with Gasteiger partial charge in [-0.05, 0) is 69.1 Å². The van der Waals surface area contributed by atoms with E-state index in [4.69, 9.17) is 4.74 Å². The van der Waals surface area contributed by atoms with Crippen LogP contribution in [0.5, 0.6) is 0 Å². The fraction of sp³-hybridized carbons (Fsp3) is 0.889. The zero-order chi connectivity index (χ0) is 15.3. The molecule has 22 heavy (non-hydrogen) atoms. The molecule has 0 N–H and O–H groups in total. The molecule has 5 aliphatic rings. The van der Waals surface area contributed by atoms with Crippen molar-refractivity contribution in [1.82, 2.24) is 4.90 Å². The maximum Gasteiger partial charge on any atom is 0.307 e. The van der Waals surface area contributed by atoms with Gasteiger partial charge in [0.15, 0.2) is 0 Å². The minimum absolute atomic E-state index is 0.0759. The number of hydrogen-bond acceptors (Lipinski definition) is 3. The van der Waals surface area contributed by atoms with Crippen molar-refractivity contribution in [1.29, 1.82) is 0 Å². The first-order chi connectivity index (χ1) is 10.6. The van der Waals surface area contributed by atoms with Gasteiger partial charge in [0, 0.05) is 12.6 Å². The van der Waals surface area contributed by atoms with Gasteiger partial charge in [-0.2, -0.15) is 0 Å². The Hall–Kier alpha value is -1.06. The third-order valence-corrected chi connectivity index (χ3v) is 6.52. The molecule has 0 saturated heterocycles. The predicted octanol–water partition coefficient (Wildman–Crippen LogP) is 2.76. The normalized spacial score (nSPS) is 38.9. The van der Waals surface area contributed by atoms with Crippen LogP contribution in [0.4, 0.5) is 0 Å². The summed E-state index contributed by atoms with van der Waals surface area (Å²) < 4.78 is 4.75. The van der Waals surface area contributed by atoms with E-state index in [1.54, 1.807) is 0 Å². The molecule has 1 amide bonds. The second kappa shape index (κ2) is 5.24. The van der Waals surface area contributed by atoms with E-state index in [9.17, 15) is 9.59 Å². The number of esters is 1. The molecule has 0 aromatic heterocycles. The van der Waals surface area contributed by atoms with Gasteiger partial charge >= 0.3 is 5.97 Å². The van der Waals surface area contributed by atoms with Gasteiger partial charge in [0.05, 0.1) is 18.9 Å². The van der Waals surface area contributed by atoms with Crippen molar-refractivity contribution in [2.75, 3.05) is 13.7 Å². The lowest BCUT2D eigenvalue weighted by Crippen LogP contribution is -2.55. The number of carbonyl (C=O) groups excluding carboxylic acids is 2. The average Bonchev–Trinajstić information content (AvgIpc) is 3.30. The summed E-state index contributed by atoms with van der Waals surface area (Å²) in [6, 6.07) is 0.394. The molecule has 5 rings (SSSR count). The van der Waals surface area contributed by atoms with Gasteiger partial charge < -0.3 is 9.64 Å². The summed E-state index contributed by atoms with van der Waals surface area (Å²) in [7, 11) is 1.42. The van der Waals surface area contributed by atoms with Crippen LogP contribution in [0.3, 0.4) is 0 Å². The Morgan fingerprint density at radius 1 is 1.05 bits per heavy atom. The van der Waals surface area contributed by atoms with Gasteiger partial charge in [-0.3, -0.25) is 9.59 Å². The molecule has 0 aromatic carbocycles. The van der Waals surface area contributed by atoms with Crippen molar-refractivity contribution in [2.45, 2.75) is 63.8 Å². The summed E-state index contributed by atoms with van der Waals surface area (Å²) >= 11 is 0. The molecular weight excluding hydrogens is 278 g/mol. The summed E-state index contributed by atoms with van der Waals surface area (Å²) in [6.45, 7) is 0.553. The molecule has 4 bridgehead atoms. The number of amides is 1. The summed E-state index contributed by atoms with van der Waals surface area (Å²) in [5.74, 6) is 2.53. The van der Waals surface area contributed by atoms with Crippen molar-refractivity contribution in [3.05, 3.63) is 0 Å². The Morgan fingerprint density at radius 3 is 2.05 bits per heavy atom. The first kappa shape index (κ1) is 14.5. The number of hydrogen-bond donors (Lipinski definition) is 0. The van der Waals surface area contributed by atoms with Crippen LogP contribution in [0.2, 0.25) is 0 Å². The van der Waals surface area contributed by atoms with Crippen LogP contribution >= 0.6 is 0 Å². The molecule has 0 radical (unpaired) electrons. The third kappa shape index (κ3) is 2.44. The Labute approximate surface area is 132 Å². The van der Waals surface area contributed by atoms with Crippen LogP contribution in [-0.2, 0) is 14.3 Å². The van der Waals surface area contributed by atoms with Crippen molar-refractivity contribution in [3.63, 3.8) is 0 Å². The van der Waals surface area contributed by atoms with E-state index < -0.39 is 0 Å². The highest BCUT2D eigenvalue weighted by molar-refractivity contribution is 5.84. The van der Waals surface area contributed by atoms with Crippen LogP contribution in [0, 0.1) is 23.2 Å². The van der Waals surface area contributed by atoms with Gasteiger partial charge in [0.2, 0.25) is 5.91 Å². The highest BCUT2D eigenvalue weighted by atomic mass is 16.5. The summed E-state index contributed by atoms with van der Waals surface area (Å²) in [5.41, 5.74) is -0.0759. The zero-order valence-corrected chi connectivity index (χ0v) is 13.6. The maximum absolute atomic E-state index is 13.4. The molecule has 5 aliphatic carbocycles. The van der Waals surface area contributed by atoms with Gasteiger partial charge in [-0.25, -0.2) is 0 Å². The quantitative estimate of drug-likeness (QED) is 0.734.